The number of benzene rings is 2. The van der Waals surface area contributed by atoms with E-state index in [1.165, 1.54) is 5.56 Å². The number of carbonyl (C=O) groups excluding carboxylic acids is 2. The summed E-state index contributed by atoms with van der Waals surface area (Å²) in [6.45, 7) is 6.98. The van der Waals surface area contributed by atoms with E-state index in [2.05, 4.69) is 47.2 Å². The van der Waals surface area contributed by atoms with Gasteiger partial charge in [-0.15, -0.1) is 0 Å². The molecule has 2 bridgehead atoms. The maximum Gasteiger partial charge on any atom is 0.236 e. The van der Waals surface area contributed by atoms with Crippen LogP contribution in [0.25, 0.3) is 0 Å². The highest BCUT2D eigenvalue weighted by atomic mass is 16.5. The molecule has 0 N–H and O–H groups in total. The highest BCUT2D eigenvalue weighted by Gasteiger charge is 2.33. The van der Waals surface area contributed by atoms with Gasteiger partial charge in [-0.05, 0) is 36.9 Å². The molecular weight excluding hydrogens is 476 g/mol. The van der Waals surface area contributed by atoms with Gasteiger partial charge in [0.15, 0.2) is 0 Å². The minimum Gasteiger partial charge on any atom is -0.489 e. The number of nitrogens with zero attached hydrogens (tertiary/aromatic N) is 4. The highest BCUT2D eigenvalue weighted by Crippen LogP contribution is 2.30. The van der Waals surface area contributed by atoms with Gasteiger partial charge in [0.05, 0.1) is 6.54 Å². The van der Waals surface area contributed by atoms with Crippen molar-refractivity contribution in [3.8, 4) is 5.75 Å². The van der Waals surface area contributed by atoms with Crippen molar-refractivity contribution in [2.24, 2.45) is 11.8 Å². The summed E-state index contributed by atoms with van der Waals surface area (Å²) in [6, 6.07) is 18.4. The molecule has 0 saturated carbocycles. The number of fused-ring (bicyclic) bond motifs is 3. The first-order chi connectivity index (χ1) is 18.5. The van der Waals surface area contributed by atoms with Crippen LogP contribution >= 0.6 is 0 Å². The van der Waals surface area contributed by atoms with Crippen LogP contribution in [0, 0.1) is 11.8 Å². The molecule has 2 aromatic carbocycles. The third kappa shape index (κ3) is 6.83. The molecular formula is C31H40N4O3. The van der Waals surface area contributed by atoms with Crippen molar-refractivity contribution in [3.63, 3.8) is 0 Å². The van der Waals surface area contributed by atoms with E-state index in [9.17, 15) is 9.59 Å². The van der Waals surface area contributed by atoms with Crippen molar-refractivity contribution in [2.45, 2.75) is 25.9 Å². The van der Waals surface area contributed by atoms with Gasteiger partial charge in [0.2, 0.25) is 11.8 Å². The van der Waals surface area contributed by atoms with Crippen molar-refractivity contribution in [1.29, 1.82) is 0 Å². The van der Waals surface area contributed by atoms with Crippen molar-refractivity contribution >= 4 is 11.8 Å². The van der Waals surface area contributed by atoms with Crippen molar-refractivity contribution < 1.29 is 14.3 Å². The fraction of sp³-hybridized carbons (Fsp3) is 0.484. The van der Waals surface area contributed by atoms with Crippen molar-refractivity contribution in [2.75, 3.05) is 59.5 Å². The molecule has 2 fully saturated rings. The Morgan fingerprint density at radius 1 is 0.947 bits per heavy atom. The predicted molar refractivity (Wildman–Crippen MR) is 149 cm³/mol. The van der Waals surface area contributed by atoms with Gasteiger partial charge in [-0.3, -0.25) is 14.5 Å². The Kier molecular flexibility index (Phi) is 8.76. The number of amides is 2. The standard InChI is InChI=1S/C31H40N4O3/c1-32-15-17-34(18-16-32)30(36)20-26-13-14-35-23-27(26)11-7-19-38-29-12-6-5-10-28(29)22-33(24-31(35)37)21-25-8-3-2-4-9-25/h2-12,26-27H,13-24H2,1H3/b11-7+/t26-,27-/m0/s1. The number of piperidine rings is 1. The molecule has 0 aromatic heterocycles. The first-order valence-corrected chi connectivity index (χ1v) is 13.9. The fourth-order valence-corrected chi connectivity index (χ4v) is 5.82. The summed E-state index contributed by atoms with van der Waals surface area (Å²) in [5.74, 6) is 1.64. The number of ether oxygens (including phenoxy) is 1. The Balaban J connectivity index is 1.33. The van der Waals surface area contributed by atoms with Crippen LogP contribution in [0.5, 0.6) is 5.75 Å². The van der Waals surface area contributed by atoms with E-state index in [1.54, 1.807) is 0 Å². The quantitative estimate of drug-likeness (QED) is 0.584. The van der Waals surface area contributed by atoms with Crippen molar-refractivity contribution in [1.82, 2.24) is 19.6 Å². The Morgan fingerprint density at radius 2 is 1.71 bits per heavy atom. The van der Waals surface area contributed by atoms with Gasteiger partial charge in [-0.1, -0.05) is 60.7 Å². The molecule has 0 spiro atoms. The zero-order valence-corrected chi connectivity index (χ0v) is 22.5. The summed E-state index contributed by atoms with van der Waals surface area (Å²) in [4.78, 5) is 35.2. The van der Waals surface area contributed by atoms with Crippen LogP contribution in [0.3, 0.4) is 0 Å². The van der Waals surface area contributed by atoms with Crippen molar-refractivity contribution in [3.05, 3.63) is 77.9 Å². The molecule has 0 radical (unpaired) electrons. The predicted octanol–water partition coefficient (Wildman–Crippen LogP) is 3.27. The smallest absolute Gasteiger partial charge is 0.236 e. The zero-order valence-electron chi connectivity index (χ0n) is 22.5. The topological polar surface area (TPSA) is 56.3 Å². The molecule has 2 saturated heterocycles. The van der Waals surface area contributed by atoms with Gasteiger partial charge >= 0.3 is 0 Å². The van der Waals surface area contributed by atoms with Crippen LogP contribution in [0.2, 0.25) is 0 Å². The minimum absolute atomic E-state index is 0.145. The van der Waals surface area contributed by atoms with Gasteiger partial charge in [-0.2, -0.15) is 0 Å². The average Bonchev–Trinajstić information content (AvgIpc) is 2.93. The Labute approximate surface area is 226 Å². The van der Waals surface area contributed by atoms with Gasteiger partial charge in [0.1, 0.15) is 12.4 Å². The Bertz CT molecular complexity index is 1110. The van der Waals surface area contributed by atoms with Crippen LogP contribution in [0.15, 0.2) is 66.7 Å². The normalized spacial score (nSPS) is 24.4. The average molecular weight is 517 g/mol. The zero-order chi connectivity index (χ0) is 26.3. The lowest BCUT2D eigenvalue weighted by Gasteiger charge is -2.39. The number of piperazine rings is 1. The molecule has 3 heterocycles. The lowest BCUT2D eigenvalue weighted by atomic mass is 9.82. The Morgan fingerprint density at radius 3 is 2.53 bits per heavy atom. The molecule has 38 heavy (non-hydrogen) atoms. The van der Waals surface area contributed by atoms with Gasteiger partial charge in [0, 0.05) is 64.3 Å². The summed E-state index contributed by atoms with van der Waals surface area (Å²) in [5.41, 5.74) is 2.26. The first kappa shape index (κ1) is 26.4. The molecule has 3 aliphatic heterocycles. The lowest BCUT2D eigenvalue weighted by Crippen LogP contribution is -2.50. The van der Waals surface area contributed by atoms with E-state index in [0.29, 0.717) is 45.8 Å². The van der Waals surface area contributed by atoms with Gasteiger partial charge in [0.25, 0.3) is 0 Å². The number of rotatable bonds is 4. The van der Waals surface area contributed by atoms with E-state index in [-0.39, 0.29) is 23.7 Å². The summed E-state index contributed by atoms with van der Waals surface area (Å²) < 4.78 is 6.19. The summed E-state index contributed by atoms with van der Waals surface area (Å²) >= 11 is 0. The number of para-hydroxylation sites is 1. The van der Waals surface area contributed by atoms with Crippen LogP contribution in [0.4, 0.5) is 0 Å². The van der Waals surface area contributed by atoms with Crippen LogP contribution in [0.1, 0.15) is 24.0 Å². The van der Waals surface area contributed by atoms with E-state index < -0.39 is 0 Å². The molecule has 2 amide bonds. The van der Waals surface area contributed by atoms with Crippen LogP contribution in [-0.4, -0.2) is 90.9 Å². The number of carbonyl (C=O) groups is 2. The largest absolute Gasteiger partial charge is 0.489 e. The summed E-state index contributed by atoms with van der Waals surface area (Å²) in [6.07, 6.45) is 5.65. The highest BCUT2D eigenvalue weighted by molar-refractivity contribution is 5.79. The number of hydrogen-bond donors (Lipinski definition) is 0. The molecule has 5 rings (SSSR count). The maximum absolute atomic E-state index is 13.6. The molecule has 2 aromatic rings. The van der Waals surface area contributed by atoms with E-state index in [0.717, 1.165) is 43.9 Å². The molecule has 202 valence electrons. The second-order valence-corrected chi connectivity index (χ2v) is 10.9. The van der Waals surface area contributed by atoms with E-state index in [4.69, 9.17) is 4.74 Å². The summed E-state index contributed by atoms with van der Waals surface area (Å²) in [7, 11) is 2.11. The second kappa shape index (κ2) is 12.6. The third-order valence-electron chi connectivity index (χ3n) is 8.14. The SMILES string of the molecule is CN1CCN(C(=O)C[C@@H]2CCN3C[C@@H]2/C=C/COc2ccccc2CN(Cc2ccccc2)CC3=O)CC1. The van der Waals surface area contributed by atoms with Gasteiger partial charge in [-0.25, -0.2) is 0 Å². The first-order valence-electron chi connectivity index (χ1n) is 13.9. The fourth-order valence-electron chi connectivity index (χ4n) is 5.82. The molecule has 2 atom stereocenters. The summed E-state index contributed by atoms with van der Waals surface area (Å²) in [5, 5.41) is 0. The van der Waals surface area contributed by atoms with E-state index >= 15 is 0 Å². The lowest BCUT2D eigenvalue weighted by molar-refractivity contribution is -0.136. The van der Waals surface area contributed by atoms with E-state index in [1.807, 2.05) is 46.2 Å². The number of hydrogen-bond acceptors (Lipinski definition) is 5. The monoisotopic (exact) mass is 516 g/mol. The minimum atomic E-state index is 0.145. The number of likely N-dealkylation sites (N-methyl/N-ethyl adjacent to an activating group) is 1. The molecule has 0 unspecified atom stereocenters. The van der Waals surface area contributed by atoms with Gasteiger partial charge < -0.3 is 19.4 Å². The third-order valence-corrected chi connectivity index (χ3v) is 8.14. The van der Waals surface area contributed by atoms with Crippen LogP contribution in [-0.2, 0) is 22.7 Å². The second-order valence-electron chi connectivity index (χ2n) is 10.9. The molecule has 7 heteroatoms. The Hall–Kier alpha value is -3.16. The van der Waals surface area contributed by atoms with Crippen LogP contribution < -0.4 is 4.74 Å². The molecule has 7 nitrogen and oxygen atoms in total. The molecule has 3 aliphatic rings. The molecule has 0 aliphatic carbocycles. The maximum atomic E-state index is 13.6.